The van der Waals surface area contributed by atoms with E-state index < -0.39 is 5.41 Å². The molecule has 4 rings (SSSR count). The van der Waals surface area contributed by atoms with E-state index in [0.717, 1.165) is 61.3 Å². The Bertz CT molecular complexity index is 1290. The minimum Gasteiger partial charge on any atom is -0.456 e. The van der Waals surface area contributed by atoms with Gasteiger partial charge in [-0.05, 0) is 68.1 Å². The Morgan fingerprint density at radius 1 is 1.18 bits per heavy atom. The van der Waals surface area contributed by atoms with Crippen LogP contribution in [0, 0.1) is 18.3 Å². The maximum absolute atomic E-state index is 13.4. The fraction of sp³-hybridized carbons (Fsp3) is 0.414. The number of carbonyl (C=O) groups excluding carboxylic acids is 1. The summed E-state index contributed by atoms with van der Waals surface area (Å²) in [6, 6.07) is 15.7. The molecule has 0 aliphatic carbocycles. The van der Waals surface area contributed by atoms with Gasteiger partial charge in [-0.25, -0.2) is 4.98 Å². The number of imidazole rings is 1. The highest BCUT2D eigenvalue weighted by molar-refractivity contribution is 5.88. The highest BCUT2D eigenvalue weighted by Crippen LogP contribution is 2.39. The summed E-state index contributed by atoms with van der Waals surface area (Å²) < 4.78 is 8.43. The van der Waals surface area contributed by atoms with E-state index in [1.54, 1.807) is 6.07 Å². The first-order valence-corrected chi connectivity index (χ1v) is 12.7. The first-order valence-electron chi connectivity index (χ1n) is 12.7. The molecule has 1 aliphatic rings. The number of nitrogens with zero attached hydrogens (tertiary/aromatic N) is 4. The summed E-state index contributed by atoms with van der Waals surface area (Å²) in [5, 5.41) is 9.73. The van der Waals surface area contributed by atoms with Crippen LogP contribution in [0.3, 0.4) is 0 Å². The van der Waals surface area contributed by atoms with Crippen LogP contribution in [0.2, 0.25) is 0 Å². The fourth-order valence-electron chi connectivity index (χ4n) is 5.24. The number of benzene rings is 2. The molecule has 2 heterocycles. The molecule has 0 bridgehead atoms. The number of hydrogen-bond donors (Lipinski definition) is 1. The van der Waals surface area contributed by atoms with Gasteiger partial charge in [0.25, 0.3) is 0 Å². The molecule has 1 aliphatic heterocycles. The minimum atomic E-state index is -0.553. The number of likely N-dealkylation sites (tertiary alicyclic amines) is 1. The number of aromatic nitrogens is 2. The van der Waals surface area contributed by atoms with E-state index in [2.05, 4.69) is 22.5 Å². The molecule has 1 aromatic heterocycles. The number of halogens is 2. The smallest absolute Gasteiger partial charge is 0.232 e. The Labute approximate surface area is 237 Å². The maximum atomic E-state index is 13.4. The number of aryl methyl sites for hydroxylation is 1. The Balaban J connectivity index is 0.00000253. The SMILES string of the molecule is CCC1(c2cccc(Oc3cc(Cn4c(CCN)cnc4C)ccc3C#N)c2)CCCCN(C)C1=O.Cl.Cl. The number of ether oxygens (including phenoxy) is 1. The summed E-state index contributed by atoms with van der Waals surface area (Å²) in [5.74, 6) is 2.21. The van der Waals surface area contributed by atoms with Crippen LogP contribution in [-0.2, 0) is 23.2 Å². The number of rotatable bonds is 8. The predicted molar refractivity (Wildman–Crippen MR) is 154 cm³/mol. The van der Waals surface area contributed by atoms with Gasteiger partial charge < -0.3 is 19.9 Å². The third-order valence-electron chi connectivity index (χ3n) is 7.37. The summed E-state index contributed by atoms with van der Waals surface area (Å²) in [6.45, 7) is 6.02. The zero-order valence-corrected chi connectivity index (χ0v) is 23.9. The quantitative estimate of drug-likeness (QED) is 0.392. The average Bonchev–Trinajstić information content (AvgIpc) is 3.15. The zero-order valence-electron chi connectivity index (χ0n) is 22.3. The highest BCUT2D eigenvalue weighted by Gasteiger charge is 2.41. The average molecular weight is 559 g/mol. The molecule has 3 aromatic rings. The van der Waals surface area contributed by atoms with Crippen LogP contribution in [0.15, 0.2) is 48.7 Å². The number of carbonyl (C=O) groups is 1. The lowest BCUT2D eigenvalue weighted by Crippen LogP contribution is -2.43. The summed E-state index contributed by atoms with van der Waals surface area (Å²) in [4.78, 5) is 19.7. The molecule has 9 heteroatoms. The molecule has 0 saturated carbocycles. The van der Waals surface area contributed by atoms with Crippen LogP contribution >= 0.6 is 24.8 Å². The van der Waals surface area contributed by atoms with Crippen LogP contribution in [0.4, 0.5) is 0 Å². The van der Waals surface area contributed by atoms with Crippen LogP contribution in [0.5, 0.6) is 11.5 Å². The minimum absolute atomic E-state index is 0. The molecule has 0 spiro atoms. The molecule has 1 unspecified atom stereocenters. The lowest BCUT2D eigenvalue weighted by molar-refractivity contribution is -0.135. The van der Waals surface area contributed by atoms with Crippen LogP contribution < -0.4 is 10.5 Å². The van der Waals surface area contributed by atoms with Gasteiger partial charge in [-0.1, -0.05) is 31.5 Å². The maximum Gasteiger partial charge on any atom is 0.232 e. The van der Waals surface area contributed by atoms with Crippen molar-refractivity contribution in [2.75, 3.05) is 20.1 Å². The third-order valence-corrected chi connectivity index (χ3v) is 7.37. The van der Waals surface area contributed by atoms with Crippen molar-refractivity contribution in [2.24, 2.45) is 5.73 Å². The lowest BCUT2D eigenvalue weighted by atomic mass is 9.73. The van der Waals surface area contributed by atoms with Crippen LogP contribution in [0.1, 0.15) is 60.8 Å². The number of amides is 1. The van der Waals surface area contributed by atoms with Gasteiger partial charge in [0.05, 0.1) is 11.0 Å². The van der Waals surface area contributed by atoms with Crippen molar-refractivity contribution in [3.63, 3.8) is 0 Å². The molecule has 7 nitrogen and oxygen atoms in total. The van der Waals surface area contributed by atoms with Crippen LogP contribution in [-0.4, -0.2) is 40.5 Å². The van der Waals surface area contributed by atoms with Gasteiger partial charge in [0.1, 0.15) is 23.4 Å². The summed E-state index contributed by atoms with van der Waals surface area (Å²) in [5.41, 5.74) is 8.73. The van der Waals surface area contributed by atoms with Crippen LogP contribution in [0.25, 0.3) is 0 Å². The summed E-state index contributed by atoms with van der Waals surface area (Å²) in [6.07, 6.45) is 6.20. The van der Waals surface area contributed by atoms with E-state index in [1.165, 1.54) is 0 Å². The molecule has 1 amide bonds. The standard InChI is InChI=1S/C29H35N5O2.2ClH/c1-4-29(13-5-6-15-33(3)28(29)35)24-8-7-9-26(17-24)36-27-16-22(10-11-23(27)18-31)20-34-21(2)32-19-25(34)12-14-30;;/h7-11,16-17,19H,4-6,12-15,20,30H2,1-3H3;2*1H. The van der Waals surface area contributed by atoms with Gasteiger partial charge in [0.2, 0.25) is 5.91 Å². The van der Waals surface area contributed by atoms with Gasteiger partial charge in [0, 0.05) is 38.4 Å². The Morgan fingerprint density at radius 2 is 1.97 bits per heavy atom. The van der Waals surface area contributed by atoms with E-state index in [4.69, 9.17) is 10.5 Å². The van der Waals surface area contributed by atoms with Crippen molar-refractivity contribution in [1.29, 1.82) is 5.26 Å². The Morgan fingerprint density at radius 3 is 2.68 bits per heavy atom. The lowest BCUT2D eigenvalue weighted by Gasteiger charge is -2.33. The van der Waals surface area contributed by atoms with Gasteiger partial charge in [-0.15, -0.1) is 24.8 Å². The molecular weight excluding hydrogens is 521 g/mol. The van der Waals surface area contributed by atoms with Crippen molar-refractivity contribution >= 4 is 30.7 Å². The molecular formula is C29H37Cl2N5O2. The number of hydrogen-bond acceptors (Lipinski definition) is 5. The second-order valence-electron chi connectivity index (χ2n) is 9.61. The van der Waals surface area contributed by atoms with E-state index >= 15 is 0 Å². The molecule has 204 valence electrons. The van der Waals surface area contributed by atoms with Gasteiger partial charge >= 0.3 is 0 Å². The molecule has 1 saturated heterocycles. The number of nitriles is 1. The Kier molecular flexibility index (Phi) is 11.2. The first-order chi connectivity index (χ1) is 17.4. The Hall–Kier alpha value is -3.05. The fourth-order valence-corrected chi connectivity index (χ4v) is 5.24. The normalized spacial score (nSPS) is 17.1. The molecule has 1 fully saturated rings. The van der Waals surface area contributed by atoms with E-state index in [0.29, 0.717) is 30.2 Å². The third kappa shape index (κ3) is 6.32. The molecule has 1 atom stereocenters. The molecule has 0 radical (unpaired) electrons. The van der Waals surface area contributed by atoms with Crippen molar-refractivity contribution < 1.29 is 9.53 Å². The van der Waals surface area contributed by atoms with E-state index in [1.807, 2.05) is 61.5 Å². The van der Waals surface area contributed by atoms with E-state index in [-0.39, 0.29) is 30.7 Å². The first kappa shape index (κ1) is 31.2. The second kappa shape index (κ2) is 13.7. The molecule has 2 aromatic carbocycles. The summed E-state index contributed by atoms with van der Waals surface area (Å²) >= 11 is 0. The monoisotopic (exact) mass is 557 g/mol. The topological polar surface area (TPSA) is 97.2 Å². The van der Waals surface area contributed by atoms with Crippen molar-refractivity contribution in [2.45, 2.75) is 57.9 Å². The van der Waals surface area contributed by atoms with E-state index in [9.17, 15) is 10.1 Å². The largest absolute Gasteiger partial charge is 0.456 e. The number of likely N-dealkylation sites (N-methyl/N-ethyl adjacent to an activating group) is 1. The highest BCUT2D eigenvalue weighted by atomic mass is 35.5. The molecule has 38 heavy (non-hydrogen) atoms. The van der Waals surface area contributed by atoms with Gasteiger partial charge in [-0.2, -0.15) is 5.26 Å². The van der Waals surface area contributed by atoms with Gasteiger partial charge in [0.15, 0.2) is 0 Å². The van der Waals surface area contributed by atoms with Gasteiger partial charge in [-0.3, -0.25) is 4.79 Å². The van der Waals surface area contributed by atoms with Crippen molar-refractivity contribution in [1.82, 2.24) is 14.5 Å². The molecule has 2 N–H and O–H groups in total. The second-order valence-corrected chi connectivity index (χ2v) is 9.61. The van der Waals surface area contributed by atoms with Crippen molar-refractivity contribution in [3.05, 3.63) is 76.9 Å². The predicted octanol–water partition coefficient (Wildman–Crippen LogP) is 5.54. The van der Waals surface area contributed by atoms with Crippen molar-refractivity contribution in [3.8, 4) is 17.6 Å². The zero-order chi connectivity index (χ0) is 25.7. The summed E-state index contributed by atoms with van der Waals surface area (Å²) in [7, 11) is 1.89. The number of nitrogens with two attached hydrogens (primary N) is 1.